The van der Waals surface area contributed by atoms with Gasteiger partial charge in [-0.2, -0.15) is 0 Å². The van der Waals surface area contributed by atoms with E-state index >= 15 is 0 Å². The first-order valence-electron chi connectivity index (χ1n) is 7.55. The Labute approximate surface area is 131 Å². The number of hydrogen-bond donors (Lipinski definition) is 1. The van der Waals surface area contributed by atoms with Crippen molar-refractivity contribution in [2.75, 3.05) is 18.0 Å². The van der Waals surface area contributed by atoms with E-state index in [2.05, 4.69) is 11.8 Å². The molecule has 1 aliphatic rings. The monoisotopic (exact) mass is 307 g/mol. The van der Waals surface area contributed by atoms with Gasteiger partial charge >= 0.3 is 5.97 Å². The van der Waals surface area contributed by atoms with Crippen molar-refractivity contribution in [2.24, 2.45) is 5.92 Å². The van der Waals surface area contributed by atoms with E-state index in [0.717, 1.165) is 36.3 Å². The molecule has 114 valence electrons. The third kappa shape index (κ3) is 4.50. The van der Waals surface area contributed by atoms with E-state index in [1.165, 1.54) is 31.8 Å². The minimum atomic E-state index is -0.965. The van der Waals surface area contributed by atoms with E-state index in [9.17, 15) is 4.79 Å². The molecular formula is C17H22ClNO2. The molecule has 21 heavy (non-hydrogen) atoms. The molecule has 1 aromatic rings. The van der Waals surface area contributed by atoms with Crippen molar-refractivity contribution in [3.63, 3.8) is 0 Å². The average Bonchev–Trinajstić information content (AvgIpc) is 2.71. The average molecular weight is 308 g/mol. The van der Waals surface area contributed by atoms with Crippen LogP contribution in [0, 0.1) is 5.92 Å². The Balaban J connectivity index is 2.10. The summed E-state index contributed by atoms with van der Waals surface area (Å²) in [4.78, 5) is 12.9. The SMILES string of the molecule is CCC1CCCN(c2ccc(/C=C/C(=O)O)c(Cl)c2)CC1. The summed E-state index contributed by atoms with van der Waals surface area (Å²) < 4.78 is 0. The van der Waals surface area contributed by atoms with Gasteiger partial charge in [-0.3, -0.25) is 0 Å². The molecule has 3 nitrogen and oxygen atoms in total. The van der Waals surface area contributed by atoms with Crippen molar-refractivity contribution in [3.05, 3.63) is 34.9 Å². The highest BCUT2D eigenvalue weighted by atomic mass is 35.5. The Morgan fingerprint density at radius 1 is 1.43 bits per heavy atom. The van der Waals surface area contributed by atoms with Gasteiger partial charge in [-0.15, -0.1) is 0 Å². The van der Waals surface area contributed by atoms with Crippen LogP contribution in [0.5, 0.6) is 0 Å². The molecule has 1 aliphatic heterocycles. The van der Waals surface area contributed by atoms with Gasteiger partial charge in [0.15, 0.2) is 0 Å². The number of aliphatic carboxylic acids is 1. The number of carboxylic acid groups (broad SMARTS) is 1. The molecule has 0 amide bonds. The fourth-order valence-electron chi connectivity index (χ4n) is 2.84. The normalized spacial score (nSPS) is 19.7. The largest absolute Gasteiger partial charge is 0.478 e. The lowest BCUT2D eigenvalue weighted by Gasteiger charge is -2.23. The first kappa shape index (κ1) is 15.9. The molecule has 0 spiro atoms. The van der Waals surface area contributed by atoms with Gasteiger partial charge in [-0.05, 0) is 49.0 Å². The van der Waals surface area contributed by atoms with Gasteiger partial charge in [0, 0.05) is 29.9 Å². The number of hydrogen-bond acceptors (Lipinski definition) is 2. The zero-order valence-electron chi connectivity index (χ0n) is 12.4. The summed E-state index contributed by atoms with van der Waals surface area (Å²) in [5, 5.41) is 9.26. The zero-order valence-corrected chi connectivity index (χ0v) is 13.1. The Morgan fingerprint density at radius 2 is 2.24 bits per heavy atom. The van der Waals surface area contributed by atoms with Crippen LogP contribution in [0.2, 0.25) is 5.02 Å². The maximum Gasteiger partial charge on any atom is 0.328 e. The third-order valence-electron chi connectivity index (χ3n) is 4.18. The minimum Gasteiger partial charge on any atom is -0.478 e. The van der Waals surface area contributed by atoms with E-state index < -0.39 is 5.97 Å². The summed E-state index contributed by atoms with van der Waals surface area (Å²) in [6.45, 7) is 4.40. The molecular weight excluding hydrogens is 286 g/mol. The van der Waals surface area contributed by atoms with E-state index in [0.29, 0.717) is 5.02 Å². The summed E-state index contributed by atoms with van der Waals surface area (Å²) in [6, 6.07) is 5.86. The molecule has 1 unspecified atom stereocenters. The molecule has 0 aliphatic carbocycles. The maximum atomic E-state index is 10.6. The Kier molecular flexibility index (Phi) is 5.68. The fourth-order valence-corrected chi connectivity index (χ4v) is 3.08. The van der Waals surface area contributed by atoms with Crippen LogP contribution in [0.1, 0.15) is 38.2 Å². The second-order valence-electron chi connectivity index (χ2n) is 5.57. The van der Waals surface area contributed by atoms with Crippen molar-refractivity contribution >= 4 is 29.3 Å². The molecule has 0 saturated carbocycles. The smallest absolute Gasteiger partial charge is 0.328 e. The molecule has 0 bridgehead atoms. The predicted octanol–water partition coefficient (Wildman–Crippen LogP) is 4.45. The number of halogens is 1. The molecule has 1 aromatic carbocycles. The predicted molar refractivity (Wildman–Crippen MR) is 88.0 cm³/mol. The molecule has 1 N–H and O–H groups in total. The second kappa shape index (κ2) is 7.51. The lowest BCUT2D eigenvalue weighted by molar-refractivity contribution is -0.131. The van der Waals surface area contributed by atoms with E-state index in [4.69, 9.17) is 16.7 Å². The van der Waals surface area contributed by atoms with Crippen molar-refractivity contribution in [1.29, 1.82) is 0 Å². The minimum absolute atomic E-state index is 0.598. The lowest BCUT2D eigenvalue weighted by atomic mass is 9.98. The van der Waals surface area contributed by atoms with Gasteiger partial charge in [0.05, 0.1) is 0 Å². The number of benzene rings is 1. The van der Waals surface area contributed by atoms with E-state index in [1.54, 1.807) is 0 Å². The topological polar surface area (TPSA) is 40.5 Å². The van der Waals surface area contributed by atoms with Crippen molar-refractivity contribution < 1.29 is 9.90 Å². The van der Waals surface area contributed by atoms with Crippen LogP contribution in [-0.4, -0.2) is 24.2 Å². The molecule has 1 saturated heterocycles. The van der Waals surface area contributed by atoms with Crippen LogP contribution in [0.15, 0.2) is 24.3 Å². The Morgan fingerprint density at radius 3 is 2.90 bits per heavy atom. The first-order chi connectivity index (χ1) is 10.1. The van der Waals surface area contributed by atoms with Gasteiger partial charge in [-0.25, -0.2) is 4.79 Å². The fraction of sp³-hybridized carbons (Fsp3) is 0.471. The van der Waals surface area contributed by atoms with Gasteiger partial charge < -0.3 is 10.0 Å². The number of carbonyl (C=O) groups is 1. The number of rotatable bonds is 4. The zero-order chi connectivity index (χ0) is 15.2. The van der Waals surface area contributed by atoms with Crippen LogP contribution in [0.4, 0.5) is 5.69 Å². The lowest BCUT2D eigenvalue weighted by Crippen LogP contribution is -2.24. The number of anilines is 1. The quantitative estimate of drug-likeness (QED) is 0.835. The summed E-state index contributed by atoms with van der Waals surface area (Å²) in [5.74, 6) is -0.128. The van der Waals surface area contributed by atoms with Crippen molar-refractivity contribution in [1.82, 2.24) is 0 Å². The Hall–Kier alpha value is -1.48. The van der Waals surface area contributed by atoms with E-state index in [-0.39, 0.29) is 0 Å². The molecule has 0 radical (unpaired) electrons. The molecule has 0 aromatic heterocycles. The highest BCUT2D eigenvalue weighted by Crippen LogP contribution is 2.28. The molecule has 4 heteroatoms. The van der Waals surface area contributed by atoms with Crippen LogP contribution in [-0.2, 0) is 4.79 Å². The molecule has 2 rings (SSSR count). The van der Waals surface area contributed by atoms with Gasteiger partial charge in [0.2, 0.25) is 0 Å². The maximum absolute atomic E-state index is 10.6. The Bertz CT molecular complexity index is 528. The third-order valence-corrected chi connectivity index (χ3v) is 4.51. The molecule has 1 fully saturated rings. The van der Waals surface area contributed by atoms with Crippen molar-refractivity contribution in [3.8, 4) is 0 Å². The summed E-state index contributed by atoms with van der Waals surface area (Å²) >= 11 is 6.26. The summed E-state index contributed by atoms with van der Waals surface area (Å²) in [6.07, 6.45) is 7.65. The molecule has 1 heterocycles. The molecule has 1 atom stereocenters. The summed E-state index contributed by atoms with van der Waals surface area (Å²) in [7, 11) is 0. The second-order valence-corrected chi connectivity index (χ2v) is 5.98. The summed E-state index contributed by atoms with van der Waals surface area (Å²) in [5.41, 5.74) is 1.87. The highest BCUT2D eigenvalue weighted by Gasteiger charge is 2.16. The van der Waals surface area contributed by atoms with Crippen molar-refractivity contribution in [2.45, 2.75) is 32.6 Å². The van der Waals surface area contributed by atoms with Gasteiger partial charge in [0.25, 0.3) is 0 Å². The van der Waals surface area contributed by atoms with Crippen LogP contribution in [0.3, 0.4) is 0 Å². The van der Waals surface area contributed by atoms with Crippen LogP contribution < -0.4 is 4.90 Å². The number of nitrogens with zero attached hydrogens (tertiary/aromatic N) is 1. The van der Waals surface area contributed by atoms with Gasteiger partial charge in [-0.1, -0.05) is 31.0 Å². The standard InChI is InChI=1S/C17H22ClNO2/c1-2-13-4-3-10-19(11-9-13)15-7-5-14(16(18)12-15)6-8-17(20)21/h5-8,12-13H,2-4,9-11H2,1H3,(H,20,21)/b8-6+. The number of carboxylic acids is 1. The highest BCUT2D eigenvalue weighted by molar-refractivity contribution is 6.32. The van der Waals surface area contributed by atoms with Gasteiger partial charge in [0.1, 0.15) is 0 Å². The first-order valence-corrected chi connectivity index (χ1v) is 7.93. The van der Waals surface area contributed by atoms with Crippen LogP contribution in [0.25, 0.3) is 6.08 Å². The van der Waals surface area contributed by atoms with Crippen LogP contribution >= 0.6 is 11.6 Å². The van der Waals surface area contributed by atoms with E-state index in [1.807, 2.05) is 18.2 Å².